The van der Waals surface area contributed by atoms with Crippen LogP contribution in [0.1, 0.15) is 39.0 Å². The Morgan fingerprint density at radius 1 is 1.04 bits per heavy atom. The molecule has 9 unspecified atom stereocenters. The molecule has 0 aromatic carbocycles. The first-order chi connectivity index (χ1) is 12.9. The van der Waals surface area contributed by atoms with Crippen molar-refractivity contribution in [3.8, 4) is 0 Å². The Hall–Kier alpha value is -1.93. The lowest BCUT2D eigenvalue weighted by atomic mass is 9.50. The van der Waals surface area contributed by atoms with E-state index in [1.165, 1.54) is 6.92 Å². The number of carboxylic acid groups (broad SMARTS) is 3. The molecule has 4 aliphatic rings. The van der Waals surface area contributed by atoms with Gasteiger partial charge in [0.05, 0.1) is 29.0 Å². The van der Waals surface area contributed by atoms with Crippen molar-refractivity contribution in [2.75, 3.05) is 0 Å². The van der Waals surface area contributed by atoms with Gasteiger partial charge in [-0.2, -0.15) is 0 Å². The summed E-state index contributed by atoms with van der Waals surface area (Å²) in [5.74, 6) is -7.04. The van der Waals surface area contributed by atoms with Crippen molar-refractivity contribution in [3.05, 3.63) is 12.2 Å². The summed E-state index contributed by atoms with van der Waals surface area (Å²) < 4.78 is 0. The van der Waals surface area contributed by atoms with E-state index in [2.05, 4.69) is 6.58 Å². The molecule has 154 valence electrons. The van der Waals surface area contributed by atoms with Crippen LogP contribution in [0.3, 0.4) is 0 Å². The van der Waals surface area contributed by atoms with Crippen molar-refractivity contribution in [1.82, 2.24) is 0 Å². The summed E-state index contributed by atoms with van der Waals surface area (Å²) in [5.41, 5.74) is -3.82. The Kier molecular flexibility index (Phi) is 3.86. The minimum absolute atomic E-state index is 0.107. The van der Waals surface area contributed by atoms with Crippen LogP contribution in [-0.4, -0.2) is 55.6 Å². The minimum atomic E-state index is -2.09. The minimum Gasteiger partial charge on any atom is -0.481 e. The smallest absolute Gasteiger partial charge is 0.312 e. The van der Waals surface area contributed by atoms with Crippen LogP contribution in [0.4, 0.5) is 0 Å². The maximum atomic E-state index is 12.7. The van der Waals surface area contributed by atoms with E-state index in [4.69, 9.17) is 0 Å². The first kappa shape index (κ1) is 19.4. The fourth-order valence-corrected chi connectivity index (χ4v) is 7.75. The van der Waals surface area contributed by atoms with Gasteiger partial charge >= 0.3 is 17.9 Å². The molecule has 5 N–H and O–H groups in total. The van der Waals surface area contributed by atoms with E-state index in [1.807, 2.05) is 0 Å². The van der Waals surface area contributed by atoms with Gasteiger partial charge in [-0.25, -0.2) is 0 Å². The molecule has 0 aromatic rings. The van der Waals surface area contributed by atoms with Gasteiger partial charge in [0.25, 0.3) is 0 Å². The van der Waals surface area contributed by atoms with Gasteiger partial charge in [-0.05, 0) is 56.3 Å². The van der Waals surface area contributed by atoms with E-state index in [0.29, 0.717) is 25.7 Å². The number of aliphatic carboxylic acids is 3. The molecule has 2 bridgehead atoms. The Balaban J connectivity index is 2.04. The van der Waals surface area contributed by atoms with Crippen molar-refractivity contribution in [2.45, 2.75) is 51.2 Å². The summed E-state index contributed by atoms with van der Waals surface area (Å²) in [4.78, 5) is 37.5. The number of rotatable bonds is 3. The lowest BCUT2D eigenvalue weighted by Gasteiger charge is -2.53. The second-order valence-electron chi connectivity index (χ2n) is 9.54. The third-order valence-electron chi connectivity index (χ3n) is 8.68. The highest BCUT2D eigenvalue weighted by Gasteiger charge is 2.81. The largest absolute Gasteiger partial charge is 0.481 e. The molecule has 9 atom stereocenters. The molecular formula is C20H26O8. The molecule has 0 heterocycles. The molecule has 8 heteroatoms. The zero-order chi connectivity index (χ0) is 20.8. The molecule has 4 aliphatic carbocycles. The average molecular weight is 394 g/mol. The molecule has 0 amide bonds. The van der Waals surface area contributed by atoms with Gasteiger partial charge in [-0.15, -0.1) is 0 Å². The molecule has 0 aromatic heterocycles. The van der Waals surface area contributed by atoms with Crippen LogP contribution in [0.2, 0.25) is 0 Å². The van der Waals surface area contributed by atoms with Crippen molar-refractivity contribution in [3.63, 3.8) is 0 Å². The van der Waals surface area contributed by atoms with Crippen LogP contribution < -0.4 is 0 Å². The molecule has 8 nitrogen and oxygen atoms in total. The number of aliphatic hydroxyl groups excluding tert-OH is 2. The van der Waals surface area contributed by atoms with Gasteiger partial charge in [0, 0.05) is 5.92 Å². The van der Waals surface area contributed by atoms with E-state index in [1.54, 1.807) is 0 Å². The molecule has 0 saturated heterocycles. The Bertz CT molecular complexity index is 791. The van der Waals surface area contributed by atoms with E-state index >= 15 is 0 Å². The van der Waals surface area contributed by atoms with Gasteiger partial charge in [-0.3, -0.25) is 14.4 Å². The molecule has 0 radical (unpaired) electrons. The summed E-state index contributed by atoms with van der Waals surface area (Å²) >= 11 is 0. The maximum absolute atomic E-state index is 12.7. The number of allylic oxidation sites excluding steroid dienone is 1. The Morgan fingerprint density at radius 2 is 1.68 bits per heavy atom. The summed E-state index contributed by atoms with van der Waals surface area (Å²) in [6.45, 7) is 5.27. The first-order valence-electron chi connectivity index (χ1n) is 9.68. The van der Waals surface area contributed by atoms with Crippen molar-refractivity contribution >= 4 is 17.9 Å². The topological polar surface area (TPSA) is 152 Å². The lowest BCUT2D eigenvalue weighted by Crippen LogP contribution is -2.65. The molecule has 0 aliphatic heterocycles. The van der Waals surface area contributed by atoms with Crippen LogP contribution in [-0.2, 0) is 14.4 Å². The van der Waals surface area contributed by atoms with Gasteiger partial charge in [0.1, 0.15) is 0 Å². The van der Waals surface area contributed by atoms with E-state index in [0.717, 1.165) is 5.57 Å². The van der Waals surface area contributed by atoms with Crippen LogP contribution in [0, 0.1) is 39.9 Å². The second kappa shape index (κ2) is 5.57. The monoisotopic (exact) mass is 394 g/mol. The first-order valence-corrected chi connectivity index (χ1v) is 9.68. The highest BCUT2D eigenvalue weighted by atomic mass is 16.4. The average Bonchev–Trinajstić information content (AvgIpc) is 3.01. The number of fused-ring (bicyclic) bond motifs is 3. The SMILES string of the molecule is C=C1CC23CC1CCC2C1(C(=O)O)CC(O)C(O)C(C)(C(=O)O)C1C3C(=O)O. The van der Waals surface area contributed by atoms with Crippen LogP contribution in [0.25, 0.3) is 0 Å². The maximum Gasteiger partial charge on any atom is 0.312 e. The van der Waals surface area contributed by atoms with Crippen molar-refractivity contribution < 1.29 is 39.9 Å². The molecule has 4 rings (SSSR count). The standard InChI is InChI=1S/C20H26O8/c1-8-5-19-6-9(8)3-4-11(19)20(17(27)28)7-10(21)14(22)18(2,16(25)26)13(20)12(19)15(23)24/h9-14,21-22H,1,3-7H2,2H3,(H,23,24)(H,25,26)(H,27,28). The Labute approximate surface area is 161 Å². The molecule has 4 saturated carbocycles. The predicted octanol–water partition coefficient (Wildman–Crippen LogP) is 0.967. The third-order valence-corrected chi connectivity index (χ3v) is 8.68. The van der Waals surface area contributed by atoms with E-state index < -0.39 is 64.1 Å². The quantitative estimate of drug-likeness (QED) is 0.444. The van der Waals surface area contributed by atoms with Crippen LogP contribution in [0.5, 0.6) is 0 Å². The normalized spacial score (nSPS) is 52.0. The summed E-state index contributed by atoms with van der Waals surface area (Å²) in [5, 5.41) is 51.7. The van der Waals surface area contributed by atoms with E-state index in [9.17, 15) is 39.9 Å². The number of aliphatic hydroxyl groups is 2. The van der Waals surface area contributed by atoms with Gasteiger partial charge in [0.2, 0.25) is 0 Å². The summed E-state index contributed by atoms with van der Waals surface area (Å²) in [6.07, 6.45) is -1.68. The van der Waals surface area contributed by atoms with E-state index in [-0.39, 0.29) is 12.3 Å². The van der Waals surface area contributed by atoms with Crippen LogP contribution >= 0.6 is 0 Å². The summed E-state index contributed by atoms with van der Waals surface area (Å²) in [7, 11) is 0. The summed E-state index contributed by atoms with van der Waals surface area (Å²) in [6, 6.07) is 0. The Morgan fingerprint density at radius 3 is 2.21 bits per heavy atom. The van der Waals surface area contributed by atoms with Gasteiger partial charge in [-0.1, -0.05) is 12.2 Å². The zero-order valence-corrected chi connectivity index (χ0v) is 15.7. The fraction of sp³-hybridized carbons (Fsp3) is 0.750. The molecule has 1 spiro atoms. The highest BCUT2D eigenvalue weighted by molar-refractivity contribution is 5.86. The molecular weight excluding hydrogens is 368 g/mol. The predicted molar refractivity (Wildman–Crippen MR) is 94.1 cm³/mol. The zero-order valence-electron chi connectivity index (χ0n) is 15.7. The number of carboxylic acids is 3. The van der Waals surface area contributed by atoms with Gasteiger partial charge in [0.15, 0.2) is 0 Å². The third kappa shape index (κ3) is 1.90. The lowest BCUT2D eigenvalue weighted by molar-refractivity contribution is -0.211. The fourth-order valence-electron chi connectivity index (χ4n) is 7.75. The van der Waals surface area contributed by atoms with Crippen LogP contribution in [0.15, 0.2) is 12.2 Å². The molecule has 4 fully saturated rings. The number of carbonyl (C=O) groups is 3. The molecule has 28 heavy (non-hydrogen) atoms. The highest BCUT2D eigenvalue weighted by Crippen LogP contribution is 2.77. The van der Waals surface area contributed by atoms with Gasteiger partial charge < -0.3 is 25.5 Å². The van der Waals surface area contributed by atoms with Crippen molar-refractivity contribution in [1.29, 1.82) is 0 Å². The number of hydrogen-bond donors (Lipinski definition) is 5. The van der Waals surface area contributed by atoms with Crippen molar-refractivity contribution in [2.24, 2.45) is 39.9 Å². The number of hydrogen-bond acceptors (Lipinski definition) is 5. The second-order valence-corrected chi connectivity index (χ2v) is 9.54.